The van der Waals surface area contributed by atoms with Crippen molar-refractivity contribution in [3.8, 4) is 11.5 Å². The molecule has 0 aliphatic heterocycles. The lowest BCUT2D eigenvalue weighted by Crippen LogP contribution is -2.19. The summed E-state index contributed by atoms with van der Waals surface area (Å²) in [5.74, 6) is -2.73. The lowest BCUT2D eigenvalue weighted by molar-refractivity contribution is 0.374. The van der Waals surface area contributed by atoms with Gasteiger partial charge in [-0.3, -0.25) is 0 Å². The average molecular weight is 486 g/mol. The quantitative estimate of drug-likeness (QED) is 0.202. The van der Waals surface area contributed by atoms with E-state index in [1.165, 1.54) is 0 Å². The molecule has 4 nitrogen and oxygen atoms in total. The first-order valence-electron chi connectivity index (χ1n) is 10.00. The number of anilines is 1. The van der Waals surface area contributed by atoms with Crippen LogP contribution in [0.1, 0.15) is 11.3 Å². The zero-order valence-corrected chi connectivity index (χ0v) is 18.8. The van der Waals surface area contributed by atoms with Gasteiger partial charge in [-0.05, 0) is 42.5 Å². The smallest absolute Gasteiger partial charge is 0.414 e. The summed E-state index contributed by atoms with van der Waals surface area (Å²) in [5.41, 5.74) is 0.358. The van der Waals surface area contributed by atoms with Gasteiger partial charge in [0.05, 0.1) is 5.02 Å². The van der Waals surface area contributed by atoms with Crippen LogP contribution in [0.25, 0.3) is 0 Å². The van der Waals surface area contributed by atoms with E-state index in [0.717, 1.165) is 6.07 Å². The molecule has 0 aliphatic carbocycles. The fourth-order valence-electron chi connectivity index (χ4n) is 3.15. The summed E-state index contributed by atoms with van der Waals surface area (Å²) in [4.78, 5) is 0. The zero-order chi connectivity index (χ0) is 23.3. The molecule has 4 aromatic rings. The Morgan fingerprint density at radius 2 is 1.21 bits per heavy atom. The van der Waals surface area contributed by atoms with Gasteiger partial charge in [0.25, 0.3) is 0 Å². The second-order valence-electron chi connectivity index (χ2n) is 7.05. The SMILES string of the molecule is O=P(Oc1ccccc1)(Oc1ccccc1)C(Nc1ccccc1)c1cc(Cl)c(F)cc1F. The lowest BCUT2D eigenvalue weighted by atomic mass is 10.2. The van der Waals surface area contributed by atoms with Crippen molar-refractivity contribution in [2.24, 2.45) is 0 Å². The normalized spacial score (nSPS) is 12.1. The van der Waals surface area contributed by atoms with E-state index in [1.807, 2.05) is 0 Å². The third-order valence-electron chi connectivity index (χ3n) is 4.68. The Labute approximate surface area is 195 Å². The molecule has 33 heavy (non-hydrogen) atoms. The lowest BCUT2D eigenvalue weighted by Gasteiger charge is -2.29. The average Bonchev–Trinajstić information content (AvgIpc) is 2.82. The monoisotopic (exact) mass is 485 g/mol. The van der Waals surface area contributed by atoms with Crippen LogP contribution >= 0.6 is 19.2 Å². The van der Waals surface area contributed by atoms with Gasteiger partial charge in [0, 0.05) is 17.3 Å². The van der Waals surface area contributed by atoms with Crippen molar-refractivity contribution < 1.29 is 22.4 Å². The molecule has 0 fully saturated rings. The van der Waals surface area contributed by atoms with E-state index < -0.39 is 25.0 Å². The minimum atomic E-state index is -4.25. The van der Waals surface area contributed by atoms with Crippen molar-refractivity contribution in [3.63, 3.8) is 0 Å². The molecule has 8 heteroatoms. The maximum atomic E-state index is 15.0. The first-order valence-corrected chi connectivity index (χ1v) is 12.0. The van der Waals surface area contributed by atoms with E-state index in [1.54, 1.807) is 91.0 Å². The second kappa shape index (κ2) is 10.1. The van der Waals surface area contributed by atoms with Crippen LogP contribution < -0.4 is 14.4 Å². The third kappa shape index (κ3) is 5.54. The third-order valence-corrected chi connectivity index (χ3v) is 6.94. The van der Waals surface area contributed by atoms with Gasteiger partial charge < -0.3 is 14.4 Å². The number of hydrogen-bond donors (Lipinski definition) is 1. The molecule has 0 spiro atoms. The summed E-state index contributed by atoms with van der Waals surface area (Å²) >= 11 is 5.96. The van der Waals surface area contributed by atoms with E-state index in [2.05, 4.69) is 5.32 Å². The Balaban J connectivity index is 1.86. The molecule has 0 saturated carbocycles. The van der Waals surface area contributed by atoms with Gasteiger partial charge in [0.2, 0.25) is 0 Å². The van der Waals surface area contributed by atoms with Crippen molar-refractivity contribution in [2.45, 2.75) is 5.78 Å². The highest BCUT2D eigenvalue weighted by atomic mass is 35.5. The van der Waals surface area contributed by atoms with Gasteiger partial charge in [-0.15, -0.1) is 0 Å². The minimum Gasteiger partial charge on any atom is -0.414 e. The maximum Gasteiger partial charge on any atom is 0.457 e. The molecule has 0 aromatic heterocycles. The van der Waals surface area contributed by atoms with Crippen molar-refractivity contribution in [3.05, 3.63) is 125 Å². The largest absolute Gasteiger partial charge is 0.457 e. The Morgan fingerprint density at radius 3 is 1.73 bits per heavy atom. The van der Waals surface area contributed by atoms with Crippen LogP contribution in [0.3, 0.4) is 0 Å². The summed E-state index contributed by atoms with van der Waals surface area (Å²) < 4.78 is 55.1. The standard InChI is InChI=1S/C25H19ClF2NO3P/c26-22-16-21(23(27)17-24(22)28)25(29-18-10-4-1-5-11-18)33(30,31-19-12-6-2-7-13-19)32-20-14-8-3-9-15-20/h1-17,25,29H. The van der Waals surface area contributed by atoms with Crippen molar-refractivity contribution in [1.29, 1.82) is 0 Å². The van der Waals surface area contributed by atoms with E-state index in [0.29, 0.717) is 11.8 Å². The van der Waals surface area contributed by atoms with Crippen molar-refractivity contribution >= 4 is 24.9 Å². The zero-order valence-electron chi connectivity index (χ0n) is 17.2. The van der Waals surface area contributed by atoms with E-state index >= 15 is 4.39 Å². The molecule has 1 N–H and O–H groups in total. The molecule has 168 valence electrons. The molecule has 0 radical (unpaired) electrons. The van der Waals surface area contributed by atoms with Crippen LogP contribution in [0.4, 0.5) is 14.5 Å². The second-order valence-corrected chi connectivity index (χ2v) is 9.42. The van der Waals surface area contributed by atoms with Gasteiger partial charge in [-0.2, -0.15) is 0 Å². The molecule has 4 aromatic carbocycles. The van der Waals surface area contributed by atoms with Gasteiger partial charge in [0.1, 0.15) is 23.1 Å². The van der Waals surface area contributed by atoms with Gasteiger partial charge in [0.15, 0.2) is 5.78 Å². The number of para-hydroxylation sites is 3. The molecular weight excluding hydrogens is 467 g/mol. The van der Waals surface area contributed by atoms with Crippen molar-refractivity contribution in [2.75, 3.05) is 5.32 Å². The van der Waals surface area contributed by atoms with Gasteiger partial charge in [-0.25, -0.2) is 13.3 Å². The highest BCUT2D eigenvalue weighted by Crippen LogP contribution is 2.60. The molecule has 1 unspecified atom stereocenters. The summed E-state index contributed by atoms with van der Waals surface area (Å²) in [6, 6.07) is 27.3. The first kappa shape index (κ1) is 22.8. The summed E-state index contributed by atoms with van der Waals surface area (Å²) in [5, 5.41) is 2.71. The molecule has 0 bridgehead atoms. The molecule has 0 saturated heterocycles. The Morgan fingerprint density at radius 1 is 0.727 bits per heavy atom. The molecule has 0 heterocycles. The summed E-state index contributed by atoms with van der Waals surface area (Å²) in [6.45, 7) is 0. The molecule has 0 amide bonds. The predicted octanol–water partition coefficient (Wildman–Crippen LogP) is 8.08. The molecule has 0 aliphatic rings. The number of benzene rings is 4. The highest BCUT2D eigenvalue weighted by Gasteiger charge is 2.43. The molecule has 4 rings (SSSR count). The van der Waals surface area contributed by atoms with Crippen LogP contribution in [-0.2, 0) is 4.57 Å². The number of rotatable bonds is 8. The van der Waals surface area contributed by atoms with Gasteiger partial charge in [-0.1, -0.05) is 66.2 Å². The fourth-order valence-corrected chi connectivity index (χ4v) is 5.24. The van der Waals surface area contributed by atoms with Crippen LogP contribution in [-0.4, -0.2) is 0 Å². The highest BCUT2D eigenvalue weighted by molar-refractivity contribution is 7.55. The Bertz CT molecular complexity index is 1220. The maximum absolute atomic E-state index is 15.0. The van der Waals surface area contributed by atoms with Crippen LogP contribution in [0.2, 0.25) is 5.02 Å². The van der Waals surface area contributed by atoms with Crippen LogP contribution in [0.15, 0.2) is 103 Å². The first-order chi connectivity index (χ1) is 15.9. The number of nitrogens with one attached hydrogen (secondary N) is 1. The topological polar surface area (TPSA) is 47.6 Å². The minimum absolute atomic E-state index is 0.166. The van der Waals surface area contributed by atoms with E-state index in [9.17, 15) is 8.96 Å². The number of hydrogen-bond acceptors (Lipinski definition) is 4. The van der Waals surface area contributed by atoms with Crippen molar-refractivity contribution in [1.82, 2.24) is 0 Å². The summed E-state index contributed by atoms with van der Waals surface area (Å²) in [6.07, 6.45) is 0. The predicted molar refractivity (Wildman–Crippen MR) is 126 cm³/mol. The summed E-state index contributed by atoms with van der Waals surface area (Å²) in [7, 11) is -4.25. The fraction of sp³-hybridized carbons (Fsp3) is 0.0400. The van der Waals surface area contributed by atoms with E-state index in [-0.39, 0.29) is 22.1 Å². The van der Waals surface area contributed by atoms with Crippen LogP contribution in [0, 0.1) is 11.6 Å². The Kier molecular flexibility index (Phi) is 6.97. The molecule has 1 atom stereocenters. The Hall–Kier alpha value is -3.34. The van der Waals surface area contributed by atoms with Gasteiger partial charge >= 0.3 is 7.60 Å². The number of halogens is 3. The molecular formula is C25H19ClF2NO3P. The van der Waals surface area contributed by atoms with E-state index in [4.69, 9.17) is 20.6 Å². The van der Waals surface area contributed by atoms with Crippen LogP contribution in [0.5, 0.6) is 11.5 Å².